The number of nitrogens with one attached hydrogen (secondary N) is 4. The first-order valence-corrected chi connectivity index (χ1v) is 11.6. The van der Waals surface area contributed by atoms with Gasteiger partial charge in [-0.1, -0.05) is 12.1 Å². The summed E-state index contributed by atoms with van der Waals surface area (Å²) in [5.74, 6) is -1.36. The Kier molecular flexibility index (Phi) is 10.0. The molecule has 35 heavy (non-hydrogen) atoms. The van der Waals surface area contributed by atoms with Gasteiger partial charge < -0.3 is 31.3 Å². The van der Waals surface area contributed by atoms with Crippen molar-refractivity contribution in [3.05, 3.63) is 29.8 Å². The number of benzene rings is 1. The predicted octanol–water partition coefficient (Wildman–Crippen LogP) is 0.903. The zero-order valence-corrected chi connectivity index (χ0v) is 20.5. The lowest BCUT2D eigenvalue weighted by atomic mass is 10.1. The molecule has 1 fully saturated rings. The fraction of sp³-hybridized carbons (Fsp3) is 0.542. The monoisotopic (exact) mass is 487 g/mol. The molecule has 2 amide bonds. The van der Waals surface area contributed by atoms with Gasteiger partial charge in [0.25, 0.3) is 0 Å². The number of esters is 1. The third-order valence-corrected chi connectivity index (χ3v) is 5.30. The highest BCUT2D eigenvalue weighted by Crippen LogP contribution is 2.21. The molecule has 0 aliphatic carbocycles. The smallest absolute Gasteiger partial charge is 0.340 e. The van der Waals surface area contributed by atoms with E-state index < -0.39 is 29.6 Å². The largest absolute Gasteiger partial charge is 0.456 e. The number of hydrogen-bond donors (Lipinski definition) is 5. The number of carbonyl (C=O) groups excluding carboxylic acids is 4. The molecule has 0 aromatic heterocycles. The van der Waals surface area contributed by atoms with Crippen LogP contribution >= 0.6 is 0 Å². The highest BCUT2D eigenvalue weighted by atomic mass is 16.6. The second-order valence-corrected chi connectivity index (χ2v) is 9.31. The van der Waals surface area contributed by atoms with E-state index in [1.165, 1.54) is 4.90 Å². The molecule has 11 nitrogen and oxygen atoms in total. The summed E-state index contributed by atoms with van der Waals surface area (Å²) in [4.78, 5) is 51.0. The van der Waals surface area contributed by atoms with Crippen LogP contribution in [0.2, 0.25) is 0 Å². The second kappa shape index (κ2) is 12.7. The first-order chi connectivity index (χ1) is 16.5. The Labute approximate surface area is 205 Å². The minimum atomic E-state index is -0.812. The van der Waals surface area contributed by atoms with Gasteiger partial charge in [-0.15, -0.1) is 0 Å². The van der Waals surface area contributed by atoms with Crippen molar-refractivity contribution in [2.45, 2.75) is 64.1 Å². The predicted molar refractivity (Wildman–Crippen MR) is 132 cm³/mol. The van der Waals surface area contributed by atoms with Crippen LogP contribution in [0.15, 0.2) is 24.3 Å². The summed E-state index contributed by atoms with van der Waals surface area (Å²) >= 11 is 0. The highest BCUT2D eigenvalue weighted by molar-refractivity contribution is 5.97. The lowest BCUT2D eigenvalue weighted by Crippen LogP contribution is -2.50. The molecule has 191 valence electrons. The van der Waals surface area contributed by atoms with Crippen LogP contribution in [0.4, 0.5) is 5.69 Å². The van der Waals surface area contributed by atoms with Gasteiger partial charge in [-0.3, -0.25) is 19.8 Å². The zero-order chi connectivity index (χ0) is 26.0. The molecule has 1 saturated heterocycles. The van der Waals surface area contributed by atoms with Crippen LogP contribution in [0.5, 0.6) is 0 Å². The van der Waals surface area contributed by atoms with Crippen molar-refractivity contribution in [1.29, 1.82) is 5.41 Å². The van der Waals surface area contributed by atoms with E-state index in [0.29, 0.717) is 50.0 Å². The van der Waals surface area contributed by atoms with E-state index in [4.69, 9.17) is 15.9 Å². The number of nitrogens with two attached hydrogens (primary N) is 1. The molecular formula is C24H35N6O5. The van der Waals surface area contributed by atoms with Gasteiger partial charge in [0.05, 0.1) is 18.2 Å². The quantitative estimate of drug-likeness (QED) is 0.133. The van der Waals surface area contributed by atoms with E-state index in [1.54, 1.807) is 45.0 Å². The molecule has 1 aliphatic heterocycles. The van der Waals surface area contributed by atoms with Crippen LogP contribution in [0.1, 0.15) is 56.8 Å². The number of hydrogen-bond acceptors (Lipinski definition) is 7. The molecule has 0 spiro atoms. The fourth-order valence-corrected chi connectivity index (χ4v) is 3.72. The number of nitrogens with zero attached hydrogens (tertiary/aromatic N) is 1. The number of likely N-dealkylation sites (tertiary alicyclic amines) is 1. The van der Waals surface area contributed by atoms with E-state index in [0.717, 1.165) is 0 Å². The molecule has 11 heteroatoms. The van der Waals surface area contributed by atoms with Crippen molar-refractivity contribution in [3.8, 4) is 0 Å². The molecule has 1 aromatic carbocycles. The summed E-state index contributed by atoms with van der Waals surface area (Å²) in [5.41, 5.74) is 5.34. The number of carbonyl (C=O) groups is 3. The fourth-order valence-electron chi connectivity index (χ4n) is 3.72. The molecule has 1 heterocycles. The summed E-state index contributed by atoms with van der Waals surface area (Å²) in [7, 11) is 0. The average Bonchev–Trinajstić information content (AvgIpc) is 3.28. The van der Waals surface area contributed by atoms with Gasteiger partial charge in [0, 0.05) is 18.8 Å². The second-order valence-electron chi connectivity index (χ2n) is 9.31. The minimum Gasteiger partial charge on any atom is -0.456 e. The Balaban J connectivity index is 1.94. The molecule has 2 rings (SSSR count). The first kappa shape index (κ1) is 27.6. The van der Waals surface area contributed by atoms with Crippen molar-refractivity contribution in [3.63, 3.8) is 0 Å². The Morgan fingerprint density at radius 2 is 2.00 bits per heavy atom. The van der Waals surface area contributed by atoms with E-state index in [1.807, 2.05) is 6.29 Å². The van der Waals surface area contributed by atoms with Crippen LogP contribution in [0.25, 0.3) is 0 Å². The average molecular weight is 488 g/mol. The molecular weight excluding hydrogens is 452 g/mol. The van der Waals surface area contributed by atoms with E-state index in [9.17, 15) is 19.2 Å². The molecule has 1 aliphatic rings. The summed E-state index contributed by atoms with van der Waals surface area (Å²) < 4.78 is 5.43. The number of anilines is 1. The molecule has 6 N–H and O–H groups in total. The standard InChI is InChI=1S/C24H35N6O5/c1-24(2,3)35-22(34)17-9-4-5-10-18(17)28-14-20(32)30-13-7-11-19(30)21(33)29-16(15-31)8-6-12-27-23(25)26/h4-5,9-10,16,19,28H,6-8,11-14H2,1-3H3,(H,29,33)(H4,25,26,27)/t16-,19-/m0/s1. The van der Waals surface area contributed by atoms with Crippen LogP contribution in [0.3, 0.4) is 0 Å². The maximum atomic E-state index is 12.9. The minimum absolute atomic E-state index is 0.108. The molecule has 0 bridgehead atoms. The normalized spacial score (nSPS) is 16.2. The van der Waals surface area contributed by atoms with Gasteiger partial charge in [-0.25, -0.2) is 4.79 Å². The Hall–Kier alpha value is -3.63. The third-order valence-electron chi connectivity index (χ3n) is 5.30. The number of guanidine groups is 1. The van der Waals surface area contributed by atoms with Crippen molar-refractivity contribution in [2.75, 3.05) is 25.0 Å². The number of amides is 2. The van der Waals surface area contributed by atoms with Crippen molar-refractivity contribution in [2.24, 2.45) is 5.73 Å². The Morgan fingerprint density at radius 1 is 1.29 bits per heavy atom. The maximum absolute atomic E-state index is 12.9. The van der Waals surface area contributed by atoms with Crippen LogP contribution < -0.4 is 21.7 Å². The van der Waals surface area contributed by atoms with Crippen molar-refractivity contribution in [1.82, 2.24) is 15.5 Å². The maximum Gasteiger partial charge on any atom is 0.340 e. The first-order valence-electron chi connectivity index (χ1n) is 11.6. The van der Waals surface area contributed by atoms with E-state index in [2.05, 4.69) is 16.0 Å². The van der Waals surface area contributed by atoms with Crippen molar-refractivity contribution < 1.29 is 23.9 Å². The highest BCUT2D eigenvalue weighted by Gasteiger charge is 2.34. The zero-order valence-electron chi connectivity index (χ0n) is 20.5. The van der Waals surface area contributed by atoms with Crippen LogP contribution in [-0.2, 0) is 19.1 Å². The van der Waals surface area contributed by atoms with Crippen LogP contribution in [0, 0.1) is 5.41 Å². The van der Waals surface area contributed by atoms with Crippen molar-refractivity contribution >= 4 is 35.7 Å². The number of para-hydroxylation sites is 1. The van der Waals surface area contributed by atoms with E-state index in [-0.39, 0.29) is 18.4 Å². The lowest BCUT2D eigenvalue weighted by molar-refractivity contribution is -0.137. The molecule has 2 atom stereocenters. The molecule has 1 aromatic rings. The summed E-state index contributed by atoms with van der Waals surface area (Å²) in [5, 5.41) is 15.4. The van der Waals surface area contributed by atoms with Crippen LogP contribution in [-0.4, -0.2) is 72.2 Å². The van der Waals surface area contributed by atoms with Gasteiger partial charge in [0.2, 0.25) is 18.1 Å². The summed E-state index contributed by atoms with van der Waals surface area (Å²) in [6.45, 7) is 6.04. The summed E-state index contributed by atoms with van der Waals surface area (Å²) in [6, 6.07) is 5.27. The van der Waals surface area contributed by atoms with Gasteiger partial charge in [0.1, 0.15) is 11.6 Å². The third kappa shape index (κ3) is 8.91. The molecule has 1 radical (unpaired) electrons. The molecule has 0 unspecified atom stereocenters. The van der Waals surface area contributed by atoms with Gasteiger partial charge >= 0.3 is 5.97 Å². The SMILES string of the molecule is CC(C)(C)OC(=O)c1ccccc1NCC(=O)N1CCC[C@H]1C(=O)N[C@H]([C]=O)CCCNC(=N)N. The molecule has 0 saturated carbocycles. The topological polar surface area (TPSA) is 167 Å². The summed E-state index contributed by atoms with van der Waals surface area (Å²) in [6.07, 6.45) is 3.81. The lowest BCUT2D eigenvalue weighted by Gasteiger charge is -2.26. The van der Waals surface area contributed by atoms with Gasteiger partial charge in [-0.2, -0.15) is 0 Å². The Morgan fingerprint density at radius 3 is 2.66 bits per heavy atom. The Bertz CT molecular complexity index is 929. The van der Waals surface area contributed by atoms with Gasteiger partial charge in [0.15, 0.2) is 5.96 Å². The van der Waals surface area contributed by atoms with Gasteiger partial charge in [-0.05, 0) is 58.6 Å². The number of ether oxygens (including phenoxy) is 1. The van der Waals surface area contributed by atoms with E-state index >= 15 is 0 Å². The number of rotatable bonds is 11.